The highest BCUT2D eigenvalue weighted by atomic mass is 32.2. The van der Waals surface area contributed by atoms with E-state index in [0.717, 1.165) is 23.9 Å². The highest BCUT2D eigenvalue weighted by molar-refractivity contribution is 8.00. The normalized spacial score (nSPS) is 12.3. The zero-order chi connectivity index (χ0) is 21.1. The van der Waals surface area contributed by atoms with Crippen molar-refractivity contribution in [2.45, 2.75) is 36.7 Å². The molecule has 2 aromatic heterocycles. The maximum atomic E-state index is 13.1. The van der Waals surface area contributed by atoms with E-state index in [1.807, 2.05) is 59.0 Å². The first kappa shape index (κ1) is 20.2. The number of hydrogen-bond acceptors (Lipinski definition) is 6. The number of hydrogen-bond donors (Lipinski definition) is 0. The molecule has 2 aromatic carbocycles. The highest BCUT2D eigenvalue weighted by Gasteiger charge is 2.26. The molecule has 0 saturated heterocycles. The Morgan fingerprint density at radius 3 is 2.57 bits per heavy atom. The van der Waals surface area contributed by atoms with Crippen molar-refractivity contribution in [3.8, 4) is 0 Å². The zero-order valence-corrected chi connectivity index (χ0v) is 17.6. The number of methoxy groups -OCH3 is 1. The Morgan fingerprint density at radius 1 is 1.10 bits per heavy atom. The van der Waals surface area contributed by atoms with Crippen LogP contribution in [0.2, 0.25) is 0 Å². The van der Waals surface area contributed by atoms with Gasteiger partial charge in [0.1, 0.15) is 5.25 Å². The average molecular weight is 423 g/mol. The van der Waals surface area contributed by atoms with E-state index in [1.165, 1.54) is 18.9 Å². The lowest BCUT2D eigenvalue weighted by atomic mass is 10.1. The van der Waals surface area contributed by atoms with Gasteiger partial charge in [0.15, 0.2) is 5.16 Å². The topological polar surface area (TPSA) is 78.5 Å². The van der Waals surface area contributed by atoms with Gasteiger partial charge >= 0.3 is 5.97 Å². The van der Waals surface area contributed by atoms with Crippen molar-refractivity contribution in [2.24, 2.45) is 0 Å². The summed E-state index contributed by atoms with van der Waals surface area (Å²) in [7, 11) is 1.37. The van der Waals surface area contributed by atoms with Gasteiger partial charge in [0.05, 0.1) is 18.0 Å². The summed E-state index contributed by atoms with van der Waals surface area (Å²) in [6.45, 7) is 2.64. The summed E-state index contributed by atoms with van der Waals surface area (Å²) >= 11 is 1.26. The number of carbonyl (C=O) groups is 1. The fourth-order valence-electron chi connectivity index (χ4n) is 3.42. The minimum atomic E-state index is -0.599. The predicted octanol–water partition coefficient (Wildman–Crippen LogP) is 3.85. The molecule has 0 aliphatic heterocycles. The molecule has 0 aliphatic carbocycles. The van der Waals surface area contributed by atoms with Crippen molar-refractivity contribution in [2.75, 3.05) is 7.11 Å². The van der Waals surface area contributed by atoms with Crippen molar-refractivity contribution < 1.29 is 9.53 Å². The minimum absolute atomic E-state index is 0.0805. The molecule has 0 amide bonds. The van der Waals surface area contributed by atoms with Gasteiger partial charge < -0.3 is 4.74 Å². The van der Waals surface area contributed by atoms with Gasteiger partial charge in [-0.2, -0.15) is 0 Å². The molecule has 2 heterocycles. The lowest BCUT2D eigenvalue weighted by Gasteiger charge is -2.15. The van der Waals surface area contributed by atoms with Gasteiger partial charge in [0.25, 0.3) is 5.56 Å². The fraction of sp³-hybridized carbons (Fsp3) is 0.273. The Kier molecular flexibility index (Phi) is 5.85. The maximum absolute atomic E-state index is 13.1. The Labute approximate surface area is 177 Å². The van der Waals surface area contributed by atoms with E-state index in [2.05, 4.69) is 17.1 Å². The van der Waals surface area contributed by atoms with Gasteiger partial charge in [-0.25, -0.2) is 0 Å². The third kappa shape index (κ3) is 3.59. The molecule has 0 fully saturated rings. The van der Waals surface area contributed by atoms with Crippen molar-refractivity contribution in [3.63, 3.8) is 0 Å². The number of ether oxygens (including phenoxy) is 1. The van der Waals surface area contributed by atoms with Crippen LogP contribution in [0.4, 0.5) is 0 Å². The van der Waals surface area contributed by atoms with Crippen LogP contribution in [-0.2, 0) is 16.1 Å². The number of carbonyl (C=O) groups excluding carboxylic acids is 1. The average Bonchev–Trinajstić information content (AvgIpc) is 3.21. The first-order valence-electron chi connectivity index (χ1n) is 9.81. The maximum Gasteiger partial charge on any atom is 0.323 e. The van der Waals surface area contributed by atoms with Crippen LogP contribution in [0.15, 0.2) is 64.5 Å². The number of rotatable bonds is 7. The molecular formula is C22H22N4O3S. The summed E-state index contributed by atoms with van der Waals surface area (Å²) in [5.74, 6) is 0.109. The number of para-hydroxylation sites is 1. The van der Waals surface area contributed by atoms with Crippen LogP contribution < -0.4 is 5.56 Å². The van der Waals surface area contributed by atoms with E-state index < -0.39 is 5.25 Å². The SMILES string of the molecule is CCCCn1c(=O)c2ccccc2n2c(SC(C(=O)OC)c3ccccc3)nnc12. The van der Waals surface area contributed by atoms with E-state index in [1.54, 1.807) is 4.57 Å². The second-order valence-corrected chi connectivity index (χ2v) is 7.95. The Balaban J connectivity index is 1.90. The van der Waals surface area contributed by atoms with Gasteiger partial charge in [-0.15, -0.1) is 10.2 Å². The highest BCUT2D eigenvalue weighted by Crippen LogP contribution is 2.36. The Bertz CT molecular complexity index is 1250. The summed E-state index contributed by atoms with van der Waals surface area (Å²) in [4.78, 5) is 25.6. The lowest BCUT2D eigenvalue weighted by molar-refractivity contribution is -0.140. The Hall–Kier alpha value is -3.13. The lowest BCUT2D eigenvalue weighted by Crippen LogP contribution is -2.23. The van der Waals surface area contributed by atoms with Gasteiger partial charge in [0.2, 0.25) is 5.78 Å². The van der Waals surface area contributed by atoms with E-state index in [0.29, 0.717) is 22.9 Å². The molecule has 1 unspecified atom stereocenters. The van der Waals surface area contributed by atoms with E-state index >= 15 is 0 Å². The number of fused-ring (bicyclic) bond motifs is 3. The molecular weight excluding hydrogens is 400 g/mol. The van der Waals surface area contributed by atoms with E-state index in [-0.39, 0.29) is 11.5 Å². The monoisotopic (exact) mass is 422 g/mol. The first-order chi connectivity index (χ1) is 14.7. The summed E-state index contributed by atoms with van der Waals surface area (Å²) in [6, 6.07) is 16.8. The summed E-state index contributed by atoms with van der Waals surface area (Å²) in [5.41, 5.74) is 1.45. The summed E-state index contributed by atoms with van der Waals surface area (Å²) in [6.07, 6.45) is 1.82. The van der Waals surface area contributed by atoms with Crippen LogP contribution in [0.5, 0.6) is 0 Å². The van der Waals surface area contributed by atoms with Gasteiger partial charge in [-0.1, -0.05) is 67.6 Å². The molecule has 7 nitrogen and oxygen atoms in total. The first-order valence-corrected chi connectivity index (χ1v) is 10.7. The third-order valence-electron chi connectivity index (χ3n) is 4.95. The molecule has 4 rings (SSSR count). The molecule has 0 spiro atoms. The van der Waals surface area contributed by atoms with E-state index in [9.17, 15) is 9.59 Å². The molecule has 4 aromatic rings. The Morgan fingerprint density at radius 2 is 1.83 bits per heavy atom. The number of unbranched alkanes of at least 4 members (excludes halogenated alkanes) is 1. The van der Waals surface area contributed by atoms with Gasteiger partial charge in [0, 0.05) is 6.54 Å². The second-order valence-electron chi connectivity index (χ2n) is 6.88. The molecule has 0 bridgehead atoms. The molecule has 1 atom stereocenters. The van der Waals surface area contributed by atoms with Crippen LogP contribution in [0.3, 0.4) is 0 Å². The number of thioether (sulfide) groups is 1. The van der Waals surface area contributed by atoms with Crippen LogP contribution in [-0.4, -0.2) is 32.2 Å². The summed E-state index contributed by atoms with van der Waals surface area (Å²) < 4.78 is 8.56. The smallest absolute Gasteiger partial charge is 0.323 e. The number of aryl methyl sites for hydroxylation is 1. The number of benzene rings is 2. The molecule has 0 N–H and O–H groups in total. The van der Waals surface area contributed by atoms with Crippen molar-refractivity contribution in [1.82, 2.24) is 19.2 Å². The van der Waals surface area contributed by atoms with E-state index in [4.69, 9.17) is 4.74 Å². The second kappa shape index (κ2) is 8.71. The molecule has 8 heteroatoms. The van der Waals surface area contributed by atoms with Crippen molar-refractivity contribution in [3.05, 3.63) is 70.5 Å². The standard InChI is InChI=1S/C22H22N4O3S/c1-3-4-14-25-19(27)16-12-8-9-13-17(16)26-21(25)23-24-22(26)30-18(20(28)29-2)15-10-6-5-7-11-15/h5-13,18H,3-4,14H2,1-2H3. The zero-order valence-electron chi connectivity index (χ0n) is 16.8. The molecule has 0 radical (unpaired) electrons. The van der Waals surface area contributed by atoms with Crippen molar-refractivity contribution in [1.29, 1.82) is 0 Å². The van der Waals surface area contributed by atoms with Crippen LogP contribution in [0, 0.1) is 0 Å². The fourth-order valence-corrected chi connectivity index (χ4v) is 4.49. The molecule has 154 valence electrons. The number of esters is 1. The molecule has 0 saturated carbocycles. The molecule has 30 heavy (non-hydrogen) atoms. The third-order valence-corrected chi connectivity index (χ3v) is 6.13. The van der Waals surface area contributed by atoms with Gasteiger partial charge in [-0.3, -0.25) is 18.6 Å². The largest absolute Gasteiger partial charge is 0.468 e. The van der Waals surface area contributed by atoms with Crippen LogP contribution in [0.25, 0.3) is 16.7 Å². The number of aromatic nitrogens is 4. The quantitative estimate of drug-likeness (QED) is 0.333. The van der Waals surface area contributed by atoms with Crippen LogP contribution in [0.1, 0.15) is 30.6 Å². The van der Waals surface area contributed by atoms with Crippen LogP contribution >= 0.6 is 11.8 Å². The summed E-state index contributed by atoms with van der Waals surface area (Å²) in [5, 5.41) is 9.19. The minimum Gasteiger partial charge on any atom is -0.468 e. The predicted molar refractivity (Wildman–Crippen MR) is 117 cm³/mol. The van der Waals surface area contributed by atoms with Crippen molar-refractivity contribution >= 4 is 34.4 Å². The number of nitrogens with zero attached hydrogens (tertiary/aromatic N) is 4. The molecule has 0 aliphatic rings. The van der Waals surface area contributed by atoms with Gasteiger partial charge in [-0.05, 0) is 24.1 Å².